The molecule has 3 amide bonds. The highest BCUT2D eigenvalue weighted by Crippen LogP contribution is 2.34. The summed E-state index contributed by atoms with van der Waals surface area (Å²) in [5, 5.41) is 8.87. The number of aryl methyl sites for hydroxylation is 1. The maximum atomic E-state index is 13.4. The van der Waals surface area contributed by atoms with Gasteiger partial charge in [0.2, 0.25) is 5.96 Å². The van der Waals surface area contributed by atoms with Crippen molar-refractivity contribution in [3.05, 3.63) is 47.3 Å². The number of allylic oxidation sites excluding steroid dienone is 1. The Morgan fingerprint density at radius 1 is 1.13 bits per heavy atom. The number of aliphatic imine (C=N–C) groups is 1. The van der Waals surface area contributed by atoms with E-state index in [1.165, 1.54) is 4.90 Å². The van der Waals surface area contributed by atoms with Gasteiger partial charge in [0.25, 0.3) is 5.91 Å². The average molecular weight is 413 g/mol. The highest BCUT2D eigenvalue weighted by molar-refractivity contribution is 6.04. The minimum atomic E-state index is -0.579. The van der Waals surface area contributed by atoms with Gasteiger partial charge in [0, 0.05) is 25.5 Å². The van der Waals surface area contributed by atoms with Crippen LogP contribution >= 0.6 is 0 Å². The zero-order valence-electron chi connectivity index (χ0n) is 17.5. The first-order chi connectivity index (χ1) is 14.4. The number of fused-ring (bicyclic) bond motifs is 3. The molecule has 30 heavy (non-hydrogen) atoms. The minimum absolute atomic E-state index is 0.0236. The van der Waals surface area contributed by atoms with Crippen molar-refractivity contribution in [2.45, 2.75) is 32.6 Å². The van der Waals surface area contributed by atoms with E-state index in [0.29, 0.717) is 19.1 Å². The zero-order valence-corrected chi connectivity index (χ0v) is 17.5. The lowest BCUT2D eigenvalue weighted by molar-refractivity contribution is -0.137. The molecule has 1 N–H and O–H groups in total. The van der Waals surface area contributed by atoms with Gasteiger partial charge in [0.05, 0.1) is 26.4 Å². The molecule has 0 aliphatic carbocycles. The van der Waals surface area contributed by atoms with E-state index >= 15 is 0 Å². The lowest BCUT2D eigenvalue weighted by Crippen LogP contribution is -2.63. The number of rotatable bonds is 7. The molecule has 2 unspecified atom stereocenters. The first-order valence-corrected chi connectivity index (χ1v) is 10.1. The third-order valence-corrected chi connectivity index (χ3v) is 5.79. The molecule has 0 radical (unpaired) electrons. The van der Waals surface area contributed by atoms with Crippen molar-refractivity contribution in [3.8, 4) is 0 Å². The van der Waals surface area contributed by atoms with Crippen molar-refractivity contribution in [1.82, 2.24) is 19.6 Å². The van der Waals surface area contributed by atoms with Gasteiger partial charge in [0.15, 0.2) is 12.2 Å². The maximum absolute atomic E-state index is 13.4. The van der Waals surface area contributed by atoms with Gasteiger partial charge in [-0.05, 0) is 25.0 Å². The highest BCUT2D eigenvalue weighted by atomic mass is 16.5. The number of aliphatic hydroxyl groups is 1. The van der Waals surface area contributed by atoms with Gasteiger partial charge in [-0.3, -0.25) is 9.69 Å². The number of aliphatic hydroxyl groups excluding tert-OH is 1. The second-order valence-corrected chi connectivity index (χ2v) is 7.70. The fraction of sp³-hybridized carbons (Fsp3) is 0.476. The monoisotopic (exact) mass is 413 g/mol. The number of carbonyl (C=O) groups is 2. The SMILES string of the molecule is CC1=CN2C(=NC3C2C(=O)N(Cc2ccccc2C)C(=O)N3C)N1CCOCCO. The maximum Gasteiger partial charge on any atom is 0.328 e. The summed E-state index contributed by atoms with van der Waals surface area (Å²) in [6, 6.07) is 6.84. The van der Waals surface area contributed by atoms with Crippen LogP contribution in [0.1, 0.15) is 18.1 Å². The molecule has 4 rings (SSSR count). The Balaban J connectivity index is 1.55. The van der Waals surface area contributed by atoms with Crippen molar-refractivity contribution < 1.29 is 19.4 Å². The van der Waals surface area contributed by atoms with E-state index in [9.17, 15) is 9.59 Å². The van der Waals surface area contributed by atoms with Gasteiger partial charge in [0.1, 0.15) is 0 Å². The van der Waals surface area contributed by atoms with Gasteiger partial charge in [-0.15, -0.1) is 0 Å². The summed E-state index contributed by atoms with van der Waals surface area (Å²) >= 11 is 0. The molecule has 2 atom stereocenters. The number of nitrogens with zero attached hydrogens (tertiary/aromatic N) is 5. The average Bonchev–Trinajstić information content (AvgIpc) is 3.23. The molecule has 1 aromatic carbocycles. The number of carbonyl (C=O) groups excluding carboxylic acids is 2. The van der Waals surface area contributed by atoms with E-state index in [-0.39, 0.29) is 31.7 Å². The van der Waals surface area contributed by atoms with Gasteiger partial charge < -0.3 is 24.5 Å². The predicted molar refractivity (Wildman–Crippen MR) is 110 cm³/mol. The number of hydrogen-bond acceptors (Lipinski definition) is 7. The first kappa shape index (κ1) is 20.4. The van der Waals surface area contributed by atoms with Crippen LogP contribution in [-0.4, -0.2) is 88.2 Å². The zero-order chi connectivity index (χ0) is 21.4. The molecule has 0 saturated carbocycles. The van der Waals surface area contributed by atoms with Gasteiger partial charge in [-0.25, -0.2) is 9.79 Å². The van der Waals surface area contributed by atoms with Gasteiger partial charge in [-0.2, -0.15) is 0 Å². The standard InChI is InChI=1S/C21H27N5O4/c1-14-6-4-5-7-16(14)13-26-19(28)17-18(23(3)21(26)29)22-20-24(8-10-30-11-9-27)15(2)12-25(17)20/h4-7,12,17-18,27H,8-11,13H2,1-3H3. The molecule has 0 bridgehead atoms. The number of ether oxygens (including phenoxy) is 1. The molecule has 3 aliphatic rings. The molecule has 1 aromatic rings. The molecule has 3 heterocycles. The molecule has 1 fully saturated rings. The molecule has 0 aromatic heterocycles. The molecular weight excluding hydrogens is 386 g/mol. The van der Waals surface area contributed by atoms with Crippen molar-refractivity contribution in [2.24, 2.45) is 4.99 Å². The second kappa shape index (κ2) is 8.08. The van der Waals surface area contributed by atoms with Crippen molar-refractivity contribution in [3.63, 3.8) is 0 Å². The summed E-state index contributed by atoms with van der Waals surface area (Å²) in [4.78, 5) is 37.8. The van der Waals surface area contributed by atoms with Crippen LogP contribution < -0.4 is 0 Å². The predicted octanol–water partition coefficient (Wildman–Crippen LogP) is 0.941. The van der Waals surface area contributed by atoms with Crippen LogP contribution in [-0.2, 0) is 16.1 Å². The summed E-state index contributed by atoms with van der Waals surface area (Å²) in [6.07, 6.45) is 1.35. The Hall–Kier alpha value is -2.91. The molecule has 160 valence electrons. The van der Waals surface area contributed by atoms with E-state index < -0.39 is 12.2 Å². The Kier molecular flexibility index (Phi) is 5.48. The number of guanidine groups is 1. The second-order valence-electron chi connectivity index (χ2n) is 7.70. The lowest BCUT2D eigenvalue weighted by atomic mass is 10.1. The molecule has 9 heteroatoms. The number of hydrogen-bond donors (Lipinski definition) is 1. The van der Waals surface area contributed by atoms with Crippen LogP contribution in [0.5, 0.6) is 0 Å². The van der Waals surface area contributed by atoms with E-state index in [4.69, 9.17) is 14.8 Å². The fourth-order valence-corrected chi connectivity index (χ4v) is 4.10. The summed E-state index contributed by atoms with van der Waals surface area (Å²) in [7, 11) is 1.69. The molecular formula is C21H27N5O4. The van der Waals surface area contributed by atoms with Crippen LogP contribution in [0.15, 0.2) is 41.2 Å². The highest BCUT2D eigenvalue weighted by Gasteiger charge is 2.54. The largest absolute Gasteiger partial charge is 0.394 e. The third-order valence-electron chi connectivity index (χ3n) is 5.79. The number of urea groups is 1. The van der Waals surface area contributed by atoms with Crippen molar-refractivity contribution >= 4 is 17.9 Å². The quantitative estimate of drug-likeness (QED) is 0.670. The minimum Gasteiger partial charge on any atom is -0.394 e. The van der Waals surface area contributed by atoms with Gasteiger partial charge in [-0.1, -0.05) is 24.3 Å². The Morgan fingerprint density at radius 3 is 2.63 bits per heavy atom. The summed E-state index contributed by atoms with van der Waals surface area (Å²) in [5.74, 6) is 0.411. The molecule has 3 aliphatic heterocycles. The van der Waals surface area contributed by atoms with Crippen LogP contribution in [0.3, 0.4) is 0 Å². The first-order valence-electron chi connectivity index (χ1n) is 10.1. The smallest absolute Gasteiger partial charge is 0.328 e. The number of likely N-dealkylation sites (N-methyl/N-ethyl adjacent to an activating group) is 1. The van der Waals surface area contributed by atoms with Crippen LogP contribution in [0.4, 0.5) is 4.79 Å². The van der Waals surface area contributed by atoms with Gasteiger partial charge >= 0.3 is 6.03 Å². The van der Waals surface area contributed by atoms with Crippen LogP contribution in [0.2, 0.25) is 0 Å². The fourth-order valence-electron chi connectivity index (χ4n) is 4.10. The van der Waals surface area contributed by atoms with E-state index in [1.54, 1.807) is 11.9 Å². The van der Waals surface area contributed by atoms with Crippen LogP contribution in [0, 0.1) is 6.92 Å². The van der Waals surface area contributed by atoms with Crippen molar-refractivity contribution in [1.29, 1.82) is 0 Å². The summed E-state index contributed by atoms with van der Waals surface area (Å²) in [5.41, 5.74) is 2.94. The number of amides is 3. The van der Waals surface area contributed by atoms with Crippen LogP contribution in [0.25, 0.3) is 0 Å². The van der Waals surface area contributed by atoms with E-state index in [2.05, 4.69) is 0 Å². The normalized spacial score (nSPS) is 23.1. The Morgan fingerprint density at radius 2 is 1.90 bits per heavy atom. The summed E-state index contributed by atoms with van der Waals surface area (Å²) in [6.45, 7) is 5.40. The molecule has 0 spiro atoms. The lowest BCUT2D eigenvalue weighted by Gasteiger charge is -2.40. The molecule has 1 saturated heterocycles. The number of imide groups is 1. The third kappa shape index (κ3) is 3.33. The Labute approximate surface area is 175 Å². The molecule has 9 nitrogen and oxygen atoms in total. The number of benzene rings is 1. The Bertz CT molecular complexity index is 914. The topological polar surface area (TPSA) is 88.9 Å². The summed E-state index contributed by atoms with van der Waals surface area (Å²) < 4.78 is 5.38. The van der Waals surface area contributed by atoms with E-state index in [0.717, 1.165) is 16.8 Å². The van der Waals surface area contributed by atoms with Crippen molar-refractivity contribution in [2.75, 3.05) is 33.4 Å². The van der Waals surface area contributed by atoms with E-state index in [1.807, 2.05) is 54.1 Å².